The van der Waals surface area contributed by atoms with E-state index < -0.39 is 18.4 Å². The molecule has 0 unspecified atom stereocenters. The molecule has 1 nitrogen and oxygen atoms in total. The second-order valence-electron chi connectivity index (χ2n) is 8.33. The van der Waals surface area contributed by atoms with Crippen molar-refractivity contribution in [3.63, 3.8) is 0 Å². The summed E-state index contributed by atoms with van der Waals surface area (Å²) in [6.07, 6.45) is 16.4. The van der Waals surface area contributed by atoms with Crippen LogP contribution in [0.2, 0.25) is 13.3 Å². The third kappa shape index (κ3) is 10.1. The maximum absolute atomic E-state index is 6.15. The van der Waals surface area contributed by atoms with Crippen LogP contribution in [0.25, 0.3) is 0 Å². The van der Waals surface area contributed by atoms with E-state index in [4.69, 9.17) is 4.74 Å². The van der Waals surface area contributed by atoms with Crippen molar-refractivity contribution in [3.05, 3.63) is 12.1 Å². The molecule has 0 radical (unpaired) electrons. The van der Waals surface area contributed by atoms with Crippen molar-refractivity contribution in [1.29, 1.82) is 0 Å². The van der Waals surface area contributed by atoms with Gasteiger partial charge in [0.05, 0.1) is 0 Å². The van der Waals surface area contributed by atoms with Crippen molar-refractivity contribution >= 4 is 32.6 Å². The van der Waals surface area contributed by atoms with Gasteiger partial charge < -0.3 is 0 Å². The molecule has 158 valence electrons. The van der Waals surface area contributed by atoms with Gasteiger partial charge in [0, 0.05) is 0 Å². The van der Waals surface area contributed by atoms with Crippen LogP contribution in [0.5, 0.6) is 5.06 Å². The van der Waals surface area contributed by atoms with Crippen molar-refractivity contribution in [3.8, 4) is 5.06 Å². The van der Waals surface area contributed by atoms with Crippen LogP contribution < -0.4 is 7.63 Å². The van der Waals surface area contributed by atoms with Gasteiger partial charge in [-0.1, -0.05) is 0 Å². The molecule has 0 atom stereocenters. The molecule has 3 heteroatoms. The van der Waals surface area contributed by atoms with Crippen LogP contribution in [0.4, 0.5) is 0 Å². The fraction of sp³-hybridized carbons (Fsp3) is 0.833. The monoisotopic (exact) mass is 502 g/mol. The minimum atomic E-state index is -2.24. The van der Waals surface area contributed by atoms with Crippen LogP contribution >= 0.6 is 11.3 Å². The van der Waals surface area contributed by atoms with Crippen LogP contribution in [0.3, 0.4) is 0 Å². The fourth-order valence-electron chi connectivity index (χ4n) is 4.03. The Kier molecular flexibility index (Phi) is 15.1. The summed E-state index contributed by atoms with van der Waals surface area (Å²) in [5.41, 5.74) is 0. The Morgan fingerprint density at radius 2 is 1.19 bits per heavy atom. The van der Waals surface area contributed by atoms with E-state index in [-0.39, 0.29) is 0 Å². The molecule has 0 saturated carbocycles. The zero-order valence-corrected chi connectivity index (χ0v) is 22.5. The zero-order chi connectivity index (χ0) is 19.8. The summed E-state index contributed by atoms with van der Waals surface area (Å²) in [5, 5.41) is 1.20. The summed E-state index contributed by atoms with van der Waals surface area (Å²) in [6, 6.07) is 4.78. The van der Waals surface area contributed by atoms with Crippen LogP contribution in [-0.4, -0.2) is 25.0 Å². The van der Waals surface area contributed by atoms with Gasteiger partial charge in [0.25, 0.3) is 0 Å². The van der Waals surface area contributed by atoms with Crippen LogP contribution in [-0.2, 0) is 0 Å². The third-order valence-corrected chi connectivity index (χ3v) is 25.1. The van der Waals surface area contributed by atoms with Gasteiger partial charge in [0.15, 0.2) is 0 Å². The Labute approximate surface area is 178 Å². The second-order valence-corrected chi connectivity index (χ2v) is 23.5. The first-order valence-electron chi connectivity index (χ1n) is 12.0. The molecule has 0 aliphatic rings. The van der Waals surface area contributed by atoms with E-state index in [1.54, 1.807) is 16.2 Å². The summed E-state index contributed by atoms with van der Waals surface area (Å²) in [7, 11) is 0. The van der Waals surface area contributed by atoms with E-state index in [1.165, 1.54) is 82.1 Å². The molecular weight excluding hydrogens is 455 g/mol. The molecule has 0 bridgehead atoms. The van der Waals surface area contributed by atoms with Gasteiger partial charge in [0.2, 0.25) is 0 Å². The average molecular weight is 501 g/mol. The molecule has 0 aromatic carbocycles. The molecule has 0 aliphatic carbocycles. The number of thiophene rings is 1. The van der Waals surface area contributed by atoms with Crippen molar-refractivity contribution in [1.82, 2.24) is 0 Å². The van der Waals surface area contributed by atoms with E-state index in [1.807, 2.05) is 11.3 Å². The standard InChI is InChI=1S/C12H19OS.3C4H9.Sn/c1-2-3-4-5-6-7-10-13-12-9-8-11-14-12;3*1-3-4-2;/h8-9H,2-7,10H2,1H3;3*1,3-4H2,2H3;. The van der Waals surface area contributed by atoms with E-state index in [2.05, 4.69) is 39.8 Å². The molecule has 0 spiro atoms. The number of hydrogen-bond donors (Lipinski definition) is 0. The van der Waals surface area contributed by atoms with E-state index in [0.717, 1.165) is 6.61 Å². The zero-order valence-electron chi connectivity index (χ0n) is 18.8. The number of rotatable bonds is 18. The van der Waals surface area contributed by atoms with Gasteiger partial charge in [-0.25, -0.2) is 0 Å². The molecule has 1 aromatic rings. The van der Waals surface area contributed by atoms with Gasteiger partial charge in [-0.05, 0) is 0 Å². The molecule has 27 heavy (non-hydrogen) atoms. The van der Waals surface area contributed by atoms with Crippen molar-refractivity contribution in [2.45, 2.75) is 118 Å². The molecule has 0 aliphatic heterocycles. The second kappa shape index (κ2) is 16.1. The van der Waals surface area contributed by atoms with Gasteiger partial charge in [0.1, 0.15) is 0 Å². The molecule has 0 saturated heterocycles. The number of hydrogen-bond acceptors (Lipinski definition) is 2. The predicted molar refractivity (Wildman–Crippen MR) is 128 cm³/mol. The summed E-state index contributed by atoms with van der Waals surface area (Å²) in [4.78, 5) is 0. The third-order valence-electron chi connectivity index (χ3n) is 5.87. The fourth-order valence-corrected chi connectivity index (χ4v) is 24.0. The number of unbranched alkanes of at least 4 members (excludes halogenated alkanes) is 8. The quantitative estimate of drug-likeness (QED) is 0.145. The molecule has 0 N–H and O–H groups in total. The average Bonchev–Trinajstić information content (AvgIpc) is 3.16. The van der Waals surface area contributed by atoms with E-state index >= 15 is 0 Å². The van der Waals surface area contributed by atoms with Gasteiger partial charge in [-0.15, -0.1) is 0 Å². The van der Waals surface area contributed by atoms with Crippen LogP contribution in [0.15, 0.2) is 12.1 Å². The van der Waals surface area contributed by atoms with Gasteiger partial charge >= 0.3 is 179 Å². The topological polar surface area (TPSA) is 9.23 Å². The summed E-state index contributed by atoms with van der Waals surface area (Å²) >= 11 is -0.202. The Bertz CT molecular complexity index is 435. The molecule has 0 fully saturated rings. The molecule has 1 heterocycles. The molecule has 1 aromatic heterocycles. The molecular formula is C24H46OSSn. The first kappa shape index (κ1) is 25.3. The first-order valence-corrected chi connectivity index (χ1v) is 20.2. The van der Waals surface area contributed by atoms with Gasteiger partial charge in [-0.2, -0.15) is 0 Å². The Morgan fingerprint density at radius 1 is 0.667 bits per heavy atom. The first-order chi connectivity index (χ1) is 13.2. The Morgan fingerprint density at radius 3 is 1.74 bits per heavy atom. The van der Waals surface area contributed by atoms with Crippen molar-refractivity contribution < 1.29 is 4.74 Å². The van der Waals surface area contributed by atoms with Crippen LogP contribution in [0.1, 0.15) is 105 Å². The Hall–Kier alpha value is 0.299. The van der Waals surface area contributed by atoms with E-state index in [9.17, 15) is 0 Å². The normalized spacial score (nSPS) is 11.9. The van der Waals surface area contributed by atoms with Crippen molar-refractivity contribution in [2.75, 3.05) is 6.61 Å². The maximum atomic E-state index is 6.15. The number of ether oxygens (including phenoxy) is 1. The minimum absolute atomic E-state index is 0.910. The SMILES string of the molecule is CCCCCCCCOc1cc[c]([Sn]([CH2]CCC)([CH2]CCC)[CH2]CCC)s1. The molecule has 1 rings (SSSR count). The predicted octanol–water partition coefficient (Wildman–Crippen LogP) is 8.54. The molecule has 0 amide bonds. The van der Waals surface area contributed by atoms with Gasteiger partial charge in [-0.3, -0.25) is 0 Å². The van der Waals surface area contributed by atoms with Crippen LogP contribution in [0, 0.1) is 0 Å². The Balaban J connectivity index is 2.64. The summed E-state index contributed by atoms with van der Waals surface area (Å²) in [5.74, 6) is 0. The van der Waals surface area contributed by atoms with Crippen molar-refractivity contribution in [2.24, 2.45) is 0 Å². The summed E-state index contributed by atoms with van der Waals surface area (Å²) < 4.78 is 12.6. The van der Waals surface area contributed by atoms with E-state index in [0.29, 0.717) is 0 Å². The summed E-state index contributed by atoms with van der Waals surface area (Å²) in [6.45, 7) is 10.3.